The number of benzene rings is 1. The molecule has 0 radical (unpaired) electrons. The number of hydrogen-bond donors (Lipinski definition) is 2. The Morgan fingerprint density at radius 3 is 1.69 bits per heavy atom. The second kappa shape index (κ2) is 10.2. The van der Waals surface area contributed by atoms with Crippen LogP contribution in [0.2, 0.25) is 0 Å². The molecule has 0 bridgehead atoms. The molecule has 2 aliphatic rings. The number of carboxylic acid groups (broad SMARTS) is 2. The summed E-state index contributed by atoms with van der Waals surface area (Å²) in [5.74, 6) is -0.295. The molecule has 0 fully saturated rings. The van der Waals surface area contributed by atoms with E-state index in [-0.39, 0.29) is 12.8 Å². The molecule has 140 valence electrons. The molecule has 0 atom stereocenters. The molecule has 0 saturated heterocycles. The maximum atomic E-state index is 9.90. The van der Waals surface area contributed by atoms with Crippen molar-refractivity contribution in [2.45, 2.75) is 25.7 Å². The molecule has 1 aromatic rings. The zero-order valence-corrected chi connectivity index (χ0v) is 14.4. The highest BCUT2D eigenvalue weighted by atomic mass is 16.5. The van der Waals surface area contributed by atoms with Crippen molar-refractivity contribution in [3.05, 3.63) is 35.4 Å². The average Bonchev–Trinajstić information content (AvgIpc) is 3.32. The van der Waals surface area contributed by atoms with Crippen LogP contribution in [0.1, 0.15) is 36.8 Å². The Balaban J connectivity index is 0.000000213. The van der Waals surface area contributed by atoms with E-state index < -0.39 is 11.9 Å². The molecule has 2 aliphatic heterocycles. The Morgan fingerprint density at radius 1 is 0.885 bits per heavy atom. The number of ether oxygens (including phenoxy) is 2. The van der Waals surface area contributed by atoms with Crippen LogP contribution in [0.5, 0.6) is 0 Å². The largest absolute Gasteiger partial charge is 0.481 e. The summed E-state index contributed by atoms with van der Waals surface area (Å²) in [6.45, 7) is 2.85. The number of aliphatic imine (C=N–C) groups is 2. The highest BCUT2D eigenvalue weighted by Crippen LogP contribution is 2.13. The fraction of sp³-hybridized carbons (Fsp3) is 0.444. The maximum Gasteiger partial charge on any atom is 0.303 e. The van der Waals surface area contributed by atoms with Crippen LogP contribution in [0, 0.1) is 0 Å². The quantitative estimate of drug-likeness (QED) is 0.716. The first-order valence-electron chi connectivity index (χ1n) is 8.45. The van der Waals surface area contributed by atoms with E-state index in [0.29, 0.717) is 26.1 Å². The predicted molar refractivity (Wildman–Crippen MR) is 94.9 cm³/mol. The van der Waals surface area contributed by atoms with E-state index in [1.807, 2.05) is 24.3 Å². The zero-order valence-electron chi connectivity index (χ0n) is 14.4. The molecule has 0 aromatic heterocycles. The van der Waals surface area contributed by atoms with Gasteiger partial charge < -0.3 is 19.7 Å². The Hall–Kier alpha value is -2.90. The molecule has 8 nitrogen and oxygen atoms in total. The average molecular weight is 362 g/mol. The van der Waals surface area contributed by atoms with Crippen molar-refractivity contribution < 1.29 is 29.3 Å². The van der Waals surface area contributed by atoms with Gasteiger partial charge in [-0.25, -0.2) is 9.98 Å². The van der Waals surface area contributed by atoms with Crippen molar-refractivity contribution in [2.75, 3.05) is 26.3 Å². The number of hydrogen-bond acceptors (Lipinski definition) is 6. The van der Waals surface area contributed by atoms with E-state index in [1.165, 1.54) is 0 Å². The molecular weight excluding hydrogens is 340 g/mol. The van der Waals surface area contributed by atoms with Crippen LogP contribution in [0.15, 0.2) is 34.3 Å². The summed E-state index contributed by atoms with van der Waals surface area (Å²) in [5, 5.41) is 16.3. The number of carboxylic acids is 2. The molecule has 8 heteroatoms. The monoisotopic (exact) mass is 362 g/mol. The van der Waals surface area contributed by atoms with E-state index >= 15 is 0 Å². The van der Waals surface area contributed by atoms with Gasteiger partial charge in [-0.05, 0) is 31.0 Å². The minimum absolute atomic E-state index is 0.0628. The van der Waals surface area contributed by atoms with Crippen molar-refractivity contribution in [2.24, 2.45) is 9.98 Å². The number of unbranched alkanes of at least 4 members (excludes halogenated alkanes) is 1. The molecule has 0 aliphatic carbocycles. The Morgan fingerprint density at radius 2 is 1.35 bits per heavy atom. The van der Waals surface area contributed by atoms with Crippen LogP contribution < -0.4 is 0 Å². The normalized spacial score (nSPS) is 15.1. The van der Waals surface area contributed by atoms with Gasteiger partial charge in [0.2, 0.25) is 11.8 Å². The van der Waals surface area contributed by atoms with Gasteiger partial charge in [-0.2, -0.15) is 0 Å². The van der Waals surface area contributed by atoms with Gasteiger partial charge in [0.05, 0.1) is 13.1 Å². The predicted octanol–water partition coefficient (Wildman–Crippen LogP) is 1.96. The van der Waals surface area contributed by atoms with Gasteiger partial charge in [0.15, 0.2) is 0 Å². The van der Waals surface area contributed by atoms with Crippen LogP contribution >= 0.6 is 0 Å². The molecule has 26 heavy (non-hydrogen) atoms. The molecular formula is C18H22N2O6. The number of carbonyl (C=O) groups is 2. The molecule has 2 heterocycles. The van der Waals surface area contributed by atoms with Crippen molar-refractivity contribution in [1.29, 1.82) is 0 Å². The summed E-state index contributed by atoms with van der Waals surface area (Å²) >= 11 is 0. The van der Waals surface area contributed by atoms with Gasteiger partial charge in [0.1, 0.15) is 13.2 Å². The first kappa shape index (κ1) is 19.4. The maximum absolute atomic E-state index is 9.90. The fourth-order valence-electron chi connectivity index (χ4n) is 2.36. The van der Waals surface area contributed by atoms with Gasteiger partial charge >= 0.3 is 11.9 Å². The third-order valence-corrected chi connectivity index (χ3v) is 3.56. The molecule has 1 aromatic carbocycles. The second-order valence-electron chi connectivity index (χ2n) is 5.65. The van der Waals surface area contributed by atoms with Gasteiger partial charge in [-0.15, -0.1) is 0 Å². The summed E-state index contributed by atoms with van der Waals surface area (Å²) < 4.78 is 10.9. The number of aliphatic carboxylic acids is 2. The molecule has 0 unspecified atom stereocenters. The SMILES string of the molecule is O=C(O)CCCCC(=O)O.c1cc(C2=NCCO2)cc(C2=NCCO2)c1. The summed E-state index contributed by atoms with van der Waals surface area (Å²) in [6, 6.07) is 7.96. The van der Waals surface area contributed by atoms with Crippen LogP contribution in [0.25, 0.3) is 0 Å². The van der Waals surface area contributed by atoms with E-state index in [2.05, 4.69) is 9.98 Å². The Bertz CT molecular complexity index is 643. The molecule has 3 rings (SSSR count). The lowest BCUT2D eigenvalue weighted by Gasteiger charge is -2.05. The standard InChI is InChI=1S/C12H12N2O2.C6H10O4/c1-2-9(11-13-4-6-15-11)8-10(3-1)12-14-5-7-16-12;7-5(8)3-1-2-4-6(9)10/h1-3,8H,4-7H2;1-4H2,(H,7,8)(H,9,10). The highest BCUT2D eigenvalue weighted by Gasteiger charge is 2.14. The van der Waals surface area contributed by atoms with E-state index in [1.54, 1.807) is 0 Å². The van der Waals surface area contributed by atoms with E-state index in [9.17, 15) is 9.59 Å². The van der Waals surface area contributed by atoms with Crippen LogP contribution in [0.3, 0.4) is 0 Å². The van der Waals surface area contributed by atoms with Gasteiger partial charge in [0.25, 0.3) is 0 Å². The van der Waals surface area contributed by atoms with Crippen molar-refractivity contribution >= 4 is 23.7 Å². The van der Waals surface area contributed by atoms with E-state index in [0.717, 1.165) is 36.0 Å². The molecule has 2 N–H and O–H groups in total. The van der Waals surface area contributed by atoms with Gasteiger partial charge in [-0.1, -0.05) is 6.07 Å². The Kier molecular flexibility index (Phi) is 7.60. The minimum atomic E-state index is -0.870. The number of rotatable bonds is 7. The van der Waals surface area contributed by atoms with Crippen molar-refractivity contribution in [3.8, 4) is 0 Å². The van der Waals surface area contributed by atoms with E-state index in [4.69, 9.17) is 19.7 Å². The molecule has 0 amide bonds. The first-order chi connectivity index (χ1) is 12.6. The van der Waals surface area contributed by atoms with Crippen molar-refractivity contribution in [1.82, 2.24) is 0 Å². The number of nitrogens with zero attached hydrogens (tertiary/aromatic N) is 2. The molecule has 0 saturated carbocycles. The Labute approximate surface area is 151 Å². The van der Waals surface area contributed by atoms with Crippen LogP contribution in [0.4, 0.5) is 0 Å². The van der Waals surface area contributed by atoms with Crippen LogP contribution in [-0.4, -0.2) is 60.3 Å². The summed E-state index contributed by atoms with van der Waals surface area (Å²) in [5.41, 5.74) is 1.99. The fourth-order valence-corrected chi connectivity index (χ4v) is 2.36. The lowest BCUT2D eigenvalue weighted by atomic mass is 10.1. The third-order valence-electron chi connectivity index (χ3n) is 3.56. The van der Waals surface area contributed by atoms with Gasteiger partial charge in [0, 0.05) is 24.0 Å². The first-order valence-corrected chi connectivity index (χ1v) is 8.45. The summed E-state index contributed by atoms with van der Waals surface area (Å²) in [7, 11) is 0. The lowest BCUT2D eigenvalue weighted by Crippen LogP contribution is -2.05. The minimum Gasteiger partial charge on any atom is -0.481 e. The second-order valence-corrected chi connectivity index (χ2v) is 5.65. The topological polar surface area (TPSA) is 118 Å². The summed E-state index contributed by atoms with van der Waals surface area (Å²) in [6.07, 6.45) is 1.02. The van der Waals surface area contributed by atoms with Crippen molar-refractivity contribution in [3.63, 3.8) is 0 Å². The lowest BCUT2D eigenvalue weighted by molar-refractivity contribution is -0.139. The van der Waals surface area contributed by atoms with Crippen LogP contribution in [-0.2, 0) is 19.1 Å². The van der Waals surface area contributed by atoms with Gasteiger partial charge in [-0.3, -0.25) is 9.59 Å². The smallest absolute Gasteiger partial charge is 0.303 e. The zero-order chi connectivity index (χ0) is 18.8. The highest BCUT2D eigenvalue weighted by molar-refractivity contribution is 6.00. The summed E-state index contributed by atoms with van der Waals surface area (Å²) in [4.78, 5) is 28.4. The molecule has 0 spiro atoms. The third kappa shape index (κ3) is 6.54.